The van der Waals surface area contributed by atoms with Gasteiger partial charge >= 0.3 is 17.7 Å². The first-order valence-corrected chi connectivity index (χ1v) is 12.9. The molecule has 10 nitrogen and oxygen atoms in total. The van der Waals surface area contributed by atoms with Crippen molar-refractivity contribution >= 4 is 50.4 Å². The molecule has 0 bridgehead atoms. The zero-order valence-electron chi connectivity index (χ0n) is 20.7. The van der Waals surface area contributed by atoms with Crippen molar-refractivity contribution in [2.45, 2.75) is 13.3 Å². The number of amides is 3. The first kappa shape index (κ1) is 27.0. The number of sulfonamides is 1. The summed E-state index contributed by atoms with van der Waals surface area (Å²) in [6.45, 7) is 1.73. The topological polar surface area (TPSA) is 117 Å². The number of hydrogen-bond donors (Lipinski definition) is 0. The average molecular weight is 536 g/mol. The highest BCUT2D eigenvalue weighted by molar-refractivity contribution is 7.92. The average Bonchev–Trinajstić information content (AvgIpc) is 2.77. The van der Waals surface area contributed by atoms with Crippen LogP contribution in [0.5, 0.6) is 5.75 Å². The molecular formula is C24H26ClN3O7S. The highest BCUT2D eigenvalue weighted by Crippen LogP contribution is 2.33. The van der Waals surface area contributed by atoms with Crippen molar-refractivity contribution in [3.8, 4) is 5.75 Å². The van der Waals surface area contributed by atoms with E-state index in [1.807, 2.05) is 0 Å². The molecule has 3 amide bonds. The van der Waals surface area contributed by atoms with Crippen LogP contribution in [0.3, 0.4) is 0 Å². The second-order valence-electron chi connectivity index (χ2n) is 8.59. The fourth-order valence-electron chi connectivity index (χ4n) is 3.48. The minimum Gasteiger partial charge on any atom is -0.422 e. The number of ether oxygens (including phenoxy) is 1. The zero-order valence-corrected chi connectivity index (χ0v) is 22.2. The van der Waals surface area contributed by atoms with Gasteiger partial charge in [0.1, 0.15) is 5.58 Å². The third-order valence-electron chi connectivity index (χ3n) is 5.32. The smallest absolute Gasteiger partial charge is 0.414 e. The van der Waals surface area contributed by atoms with Gasteiger partial charge in [-0.25, -0.2) is 22.8 Å². The Morgan fingerprint density at radius 3 is 2.31 bits per heavy atom. The van der Waals surface area contributed by atoms with Crippen LogP contribution in [0.4, 0.5) is 15.3 Å². The molecule has 3 aromatic rings. The Kier molecular flexibility index (Phi) is 7.65. The molecule has 0 aliphatic carbocycles. The Labute approximate surface area is 213 Å². The number of anilines is 1. The van der Waals surface area contributed by atoms with Crippen LogP contribution in [0.2, 0.25) is 5.02 Å². The molecule has 0 aliphatic heterocycles. The number of carbonyl (C=O) groups is 2. The summed E-state index contributed by atoms with van der Waals surface area (Å²) in [7, 11) is 2.03. The van der Waals surface area contributed by atoms with E-state index in [9.17, 15) is 22.8 Å². The van der Waals surface area contributed by atoms with Crippen molar-refractivity contribution in [1.29, 1.82) is 0 Å². The Morgan fingerprint density at radius 1 is 1.06 bits per heavy atom. The quantitative estimate of drug-likeness (QED) is 0.455. The van der Waals surface area contributed by atoms with Crippen molar-refractivity contribution < 1.29 is 27.2 Å². The predicted molar refractivity (Wildman–Crippen MR) is 138 cm³/mol. The summed E-state index contributed by atoms with van der Waals surface area (Å²) in [5, 5.41) is 0.713. The van der Waals surface area contributed by atoms with E-state index in [1.54, 1.807) is 25.1 Å². The number of hydrogen-bond acceptors (Lipinski definition) is 7. The molecule has 2 aromatic carbocycles. The summed E-state index contributed by atoms with van der Waals surface area (Å²) in [6, 6.07) is 8.55. The lowest BCUT2D eigenvalue weighted by molar-refractivity contribution is 0.172. The van der Waals surface area contributed by atoms with E-state index in [1.165, 1.54) is 51.3 Å². The molecule has 0 spiro atoms. The van der Waals surface area contributed by atoms with E-state index in [2.05, 4.69) is 0 Å². The third-order valence-corrected chi connectivity index (χ3v) is 6.64. The highest BCUT2D eigenvalue weighted by atomic mass is 35.5. The van der Waals surface area contributed by atoms with Gasteiger partial charge in [-0.05, 0) is 36.2 Å². The van der Waals surface area contributed by atoms with Crippen LogP contribution in [-0.4, -0.2) is 64.8 Å². The second-order valence-corrected chi connectivity index (χ2v) is 10.8. The lowest BCUT2D eigenvalue weighted by atomic mass is 9.99. The number of rotatable bonds is 5. The Balaban J connectivity index is 2.04. The lowest BCUT2D eigenvalue weighted by Gasteiger charge is -2.24. The Morgan fingerprint density at radius 2 is 1.72 bits per heavy atom. The molecule has 12 heteroatoms. The molecule has 1 aromatic heterocycles. The van der Waals surface area contributed by atoms with Crippen LogP contribution in [0.25, 0.3) is 11.0 Å². The summed E-state index contributed by atoms with van der Waals surface area (Å²) >= 11 is 6.32. The molecule has 0 fully saturated rings. The van der Waals surface area contributed by atoms with E-state index in [-0.39, 0.29) is 28.5 Å². The van der Waals surface area contributed by atoms with Crippen molar-refractivity contribution in [3.05, 3.63) is 68.5 Å². The van der Waals surface area contributed by atoms with Crippen molar-refractivity contribution in [1.82, 2.24) is 9.80 Å². The van der Waals surface area contributed by atoms with Gasteiger partial charge in [-0.2, -0.15) is 4.31 Å². The molecule has 0 saturated carbocycles. The molecule has 0 saturated heterocycles. The maximum atomic E-state index is 12.9. The Hall–Kier alpha value is -3.57. The van der Waals surface area contributed by atoms with E-state index in [0.717, 1.165) is 11.2 Å². The molecule has 0 atom stereocenters. The fraction of sp³-hybridized carbons (Fsp3) is 0.292. The van der Waals surface area contributed by atoms with Crippen LogP contribution < -0.4 is 14.7 Å². The van der Waals surface area contributed by atoms with Crippen LogP contribution in [0.1, 0.15) is 16.7 Å². The van der Waals surface area contributed by atoms with Gasteiger partial charge in [-0.3, -0.25) is 0 Å². The van der Waals surface area contributed by atoms with Crippen molar-refractivity contribution in [3.63, 3.8) is 0 Å². The normalized spacial score (nSPS) is 11.3. The minimum atomic E-state index is -3.91. The van der Waals surface area contributed by atoms with Crippen molar-refractivity contribution in [2.24, 2.45) is 0 Å². The Bertz CT molecular complexity index is 1510. The summed E-state index contributed by atoms with van der Waals surface area (Å²) in [6.07, 6.45) is 0.417. The van der Waals surface area contributed by atoms with Gasteiger partial charge in [0, 0.05) is 51.6 Å². The van der Waals surface area contributed by atoms with Crippen molar-refractivity contribution in [2.75, 3.05) is 38.8 Å². The number of fused-ring (bicyclic) bond motifs is 1. The fourth-order valence-corrected chi connectivity index (χ4v) is 4.63. The lowest BCUT2D eigenvalue weighted by Crippen LogP contribution is -2.42. The van der Waals surface area contributed by atoms with E-state index in [0.29, 0.717) is 26.4 Å². The largest absolute Gasteiger partial charge is 0.422 e. The van der Waals surface area contributed by atoms with Gasteiger partial charge in [0.25, 0.3) is 0 Å². The predicted octanol–water partition coefficient (Wildman–Crippen LogP) is 3.85. The molecule has 192 valence electrons. The molecule has 0 N–H and O–H groups in total. The standard InChI is InChI=1S/C24H26ClN3O7S/c1-14-17-12-19(25)21(35-24(31)27(4)5)13-20(17)34-22(29)18(14)11-15-8-7-9-16(10-15)28(36(6,32)33)23(30)26(2)3/h7-10,12-13H,11H2,1-6H3. The first-order chi connectivity index (χ1) is 16.7. The zero-order chi connectivity index (χ0) is 26.9. The van der Waals surface area contributed by atoms with E-state index < -0.39 is 27.8 Å². The van der Waals surface area contributed by atoms with Crippen LogP contribution >= 0.6 is 11.6 Å². The molecule has 3 rings (SSSR count). The first-order valence-electron chi connectivity index (χ1n) is 10.7. The molecule has 0 radical (unpaired) electrons. The number of carbonyl (C=O) groups excluding carboxylic acids is 2. The van der Waals surface area contributed by atoms with Gasteiger partial charge in [0.05, 0.1) is 17.0 Å². The SMILES string of the molecule is Cc1c(Cc2cccc(N(C(=O)N(C)C)S(C)(=O)=O)c2)c(=O)oc2cc(OC(=O)N(C)C)c(Cl)cc12. The molecule has 1 heterocycles. The summed E-state index contributed by atoms with van der Waals surface area (Å²) in [5.74, 6) is 0.0530. The molecule has 0 unspecified atom stereocenters. The van der Waals surface area contributed by atoms with Gasteiger partial charge in [-0.15, -0.1) is 0 Å². The van der Waals surface area contributed by atoms with Crippen LogP contribution in [-0.2, 0) is 16.4 Å². The van der Waals surface area contributed by atoms with Crippen LogP contribution in [0, 0.1) is 6.92 Å². The summed E-state index contributed by atoms with van der Waals surface area (Å²) in [5.41, 5.74) is 1.25. The van der Waals surface area contributed by atoms with Gasteiger partial charge in [0.15, 0.2) is 5.75 Å². The number of urea groups is 1. The highest BCUT2D eigenvalue weighted by Gasteiger charge is 2.27. The maximum absolute atomic E-state index is 12.9. The van der Waals surface area contributed by atoms with Gasteiger partial charge in [-0.1, -0.05) is 23.7 Å². The molecular weight excluding hydrogens is 510 g/mol. The molecule has 36 heavy (non-hydrogen) atoms. The maximum Gasteiger partial charge on any atom is 0.414 e. The number of halogens is 1. The monoisotopic (exact) mass is 535 g/mol. The van der Waals surface area contributed by atoms with E-state index in [4.69, 9.17) is 20.8 Å². The van der Waals surface area contributed by atoms with Crippen LogP contribution in [0.15, 0.2) is 45.6 Å². The number of benzene rings is 2. The van der Waals surface area contributed by atoms with Gasteiger partial charge in [0.2, 0.25) is 10.0 Å². The van der Waals surface area contributed by atoms with Gasteiger partial charge < -0.3 is 19.0 Å². The molecule has 0 aliphatic rings. The van der Waals surface area contributed by atoms with E-state index >= 15 is 0 Å². The third kappa shape index (κ3) is 5.63. The number of aryl methyl sites for hydroxylation is 1. The minimum absolute atomic E-state index is 0.0530. The second kappa shape index (κ2) is 10.2. The summed E-state index contributed by atoms with van der Waals surface area (Å²) < 4.78 is 36.1. The summed E-state index contributed by atoms with van der Waals surface area (Å²) in [4.78, 5) is 39.7. The number of nitrogens with zero attached hydrogens (tertiary/aromatic N) is 3.